The average molecular weight is 452 g/mol. The molecule has 3 rings (SSSR count). The zero-order valence-electron chi connectivity index (χ0n) is 15.8. The number of ether oxygens (including phenoxy) is 2. The largest absolute Gasteiger partial charge is 0.497 e. The fourth-order valence-electron chi connectivity index (χ4n) is 2.78. The van der Waals surface area contributed by atoms with Crippen molar-refractivity contribution in [2.45, 2.75) is 11.4 Å². The van der Waals surface area contributed by atoms with Gasteiger partial charge >= 0.3 is 0 Å². The van der Waals surface area contributed by atoms with Crippen LogP contribution in [0.25, 0.3) is 0 Å². The SMILES string of the molecule is COc1ccc(S(=O)(=O)N(Cc2c(Cl)cccc2Cl)c2cccc(OC)c2)cc1. The Bertz CT molecular complexity index is 1080. The van der Waals surface area contributed by atoms with Gasteiger partial charge in [-0.25, -0.2) is 8.42 Å². The summed E-state index contributed by atoms with van der Waals surface area (Å²) >= 11 is 12.6. The van der Waals surface area contributed by atoms with Crippen molar-refractivity contribution in [1.82, 2.24) is 0 Å². The molecule has 0 aliphatic heterocycles. The van der Waals surface area contributed by atoms with Crippen LogP contribution >= 0.6 is 23.2 Å². The van der Waals surface area contributed by atoms with Gasteiger partial charge in [0.15, 0.2) is 0 Å². The van der Waals surface area contributed by atoms with Gasteiger partial charge in [0, 0.05) is 21.7 Å². The predicted molar refractivity (Wildman–Crippen MR) is 116 cm³/mol. The van der Waals surface area contributed by atoms with Crippen molar-refractivity contribution < 1.29 is 17.9 Å². The van der Waals surface area contributed by atoms with Crippen LogP contribution in [0.3, 0.4) is 0 Å². The summed E-state index contributed by atoms with van der Waals surface area (Å²) in [5, 5.41) is 0.769. The van der Waals surface area contributed by atoms with E-state index >= 15 is 0 Å². The Morgan fingerprint density at radius 3 is 2.00 bits per heavy atom. The van der Waals surface area contributed by atoms with Gasteiger partial charge in [0.1, 0.15) is 11.5 Å². The molecular formula is C21H19Cl2NO4S. The van der Waals surface area contributed by atoms with Gasteiger partial charge in [-0.15, -0.1) is 0 Å². The third kappa shape index (κ3) is 4.61. The summed E-state index contributed by atoms with van der Waals surface area (Å²) in [5.41, 5.74) is 0.937. The van der Waals surface area contributed by atoms with Crippen LogP contribution < -0.4 is 13.8 Å². The molecule has 5 nitrogen and oxygen atoms in total. The minimum absolute atomic E-state index is 0.0416. The molecule has 0 spiro atoms. The summed E-state index contributed by atoms with van der Waals surface area (Å²) in [5.74, 6) is 1.09. The number of benzene rings is 3. The van der Waals surface area contributed by atoms with Crippen molar-refractivity contribution in [2.24, 2.45) is 0 Å². The third-order valence-electron chi connectivity index (χ3n) is 4.35. The van der Waals surface area contributed by atoms with E-state index in [1.807, 2.05) is 0 Å². The third-order valence-corrected chi connectivity index (χ3v) is 6.85. The highest BCUT2D eigenvalue weighted by Gasteiger charge is 2.27. The molecule has 0 saturated carbocycles. The lowest BCUT2D eigenvalue weighted by atomic mass is 10.2. The van der Waals surface area contributed by atoms with Crippen LogP contribution in [0.1, 0.15) is 5.56 Å². The minimum Gasteiger partial charge on any atom is -0.497 e. The quantitative estimate of drug-likeness (QED) is 0.481. The number of nitrogens with zero attached hydrogens (tertiary/aromatic N) is 1. The van der Waals surface area contributed by atoms with Gasteiger partial charge < -0.3 is 9.47 Å². The maximum absolute atomic E-state index is 13.5. The summed E-state index contributed by atoms with van der Waals surface area (Å²) in [7, 11) is -0.891. The molecule has 0 bridgehead atoms. The van der Waals surface area contributed by atoms with Gasteiger partial charge in [-0.3, -0.25) is 4.31 Å². The van der Waals surface area contributed by atoms with Crippen molar-refractivity contribution in [1.29, 1.82) is 0 Å². The molecule has 29 heavy (non-hydrogen) atoms. The zero-order valence-corrected chi connectivity index (χ0v) is 18.1. The van der Waals surface area contributed by atoms with Gasteiger partial charge in [-0.05, 0) is 48.5 Å². The summed E-state index contributed by atoms with van der Waals surface area (Å²) in [6.07, 6.45) is 0. The number of rotatable bonds is 7. The van der Waals surface area contributed by atoms with Crippen molar-refractivity contribution in [3.05, 3.63) is 82.3 Å². The molecule has 8 heteroatoms. The van der Waals surface area contributed by atoms with Gasteiger partial charge in [0.05, 0.1) is 31.3 Å². The monoisotopic (exact) mass is 451 g/mol. The predicted octanol–water partition coefficient (Wildman–Crippen LogP) is 5.41. The van der Waals surface area contributed by atoms with E-state index in [0.29, 0.717) is 32.8 Å². The Hall–Kier alpha value is -2.41. The number of hydrogen-bond acceptors (Lipinski definition) is 4. The Morgan fingerprint density at radius 1 is 0.828 bits per heavy atom. The standard InChI is InChI=1S/C21H19Cl2NO4S/c1-27-16-9-11-18(12-10-16)29(25,26)24(15-5-3-6-17(13-15)28-2)14-19-20(22)7-4-8-21(19)23/h3-13H,14H2,1-2H3. The molecule has 0 amide bonds. The summed E-state index contributed by atoms with van der Waals surface area (Å²) in [4.78, 5) is 0.115. The molecule has 0 fully saturated rings. The molecular weight excluding hydrogens is 433 g/mol. The van der Waals surface area contributed by atoms with Crippen LogP contribution in [-0.4, -0.2) is 22.6 Å². The van der Waals surface area contributed by atoms with E-state index in [1.165, 1.54) is 30.7 Å². The lowest BCUT2D eigenvalue weighted by Gasteiger charge is -2.26. The van der Waals surface area contributed by atoms with Crippen LogP contribution in [0, 0.1) is 0 Å². The molecule has 152 valence electrons. The molecule has 3 aromatic rings. The Morgan fingerprint density at radius 2 is 1.41 bits per heavy atom. The van der Waals surface area contributed by atoms with E-state index in [-0.39, 0.29) is 11.4 Å². The van der Waals surface area contributed by atoms with Crippen LogP contribution in [0.4, 0.5) is 5.69 Å². The highest BCUT2D eigenvalue weighted by molar-refractivity contribution is 7.92. The molecule has 0 aliphatic rings. The molecule has 3 aromatic carbocycles. The first-order chi connectivity index (χ1) is 13.9. The van der Waals surface area contributed by atoms with E-state index in [2.05, 4.69) is 0 Å². The highest BCUT2D eigenvalue weighted by atomic mass is 35.5. The lowest BCUT2D eigenvalue weighted by Crippen LogP contribution is -2.30. The van der Waals surface area contributed by atoms with Gasteiger partial charge in [0.2, 0.25) is 0 Å². The van der Waals surface area contributed by atoms with Gasteiger partial charge in [-0.2, -0.15) is 0 Å². The zero-order chi connectivity index (χ0) is 21.0. The van der Waals surface area contributed by atoms with Crippen LogP contribution in [0.5, 0.6) is 11.5 Å². The smallest absolute Gasteiger partial charge is 0.264 e. The second-order valence-electron chi connectivity index (χ2n) is 6.09. The minimum atomic E-state index is -3.93. The van der Waals surface area contributed by atoms with Crippen molar-refractivity contribution in [3.63, 3.8) is 0 Å². The first-order valence-electron chi connectivity index (χ1n) is 8.60. The maximum Gasteiger partial charge on any atom is 0.264 e. The van der Waals surface area contributed by atoms with Crippen LogP contribution in [0.2, 0.25) is 10.0 Å². The molecule has 0 atom stereocenters. The highest BCUT2D eigenvalue weighted by Crippen LogP contribution is 2.33. The molecule has 0 N–H and O–H groups in total. The Kier molecular flexibility index (Phi) is 6.57. The molecule has 0 radical (unpaired) electrons. The molecule has 0 aliphatic carbocycles. The summed E-state index contributed by atoms with van der Waals surface area (Å²) in [6.45, 7) is -0.0416. The van der Waals surface area contributed by atoms with Gasteiger partial charge in [0.25, 0.3) is 10.0 Å². The summed E-state index contributed by atoms with van der Waals surface area (Å²) < 4.78 is 38.7. The average Bonchev–Trinajstić information content (AvgIpc) is 2.73. The Balaban J connectivity index is 2.13. The fraction of sp³-hybridized carbons (Fsp3) is 0.143. The van der Waals surface area contributed by atoms with Crippen molar-refractivity contribution in [2.75, 3.05) is 18.5 Å². The van der Waals surface area contributed by atoms with E-state index in [9.17, 15) is 8.42 Å². The number of sulfonamides is 1. The topological polar surface area (TPSA) is 55.8 Å². The number of methoxy groups -OCH3 is 2. The molecule has 0 saturated heterocycles. The van der Waals surface area contributed by atoms with E-state index < -0.39 is 10.0 Å². The first kappa shape index (κ1) is 21.3. The first-order valence-corrected chi connectivity index (χ1v) is 10.8. The van der Waals surface area contributed by atoms with E-state index in [4.69, 9.17) is 32.7 Å². The normalized spacial score (nSPS) is 11.2. The van der Waals surface area contributed by atoms with Crippen LogP contribution in [-0.2, 0) is 16.6 Å². The van der Waals surface area contributed by atoms with Crippen molar-refractivity contribution >= 4 is 38.9 Å². The second kappa shape index (κ2) is 8.95. The molecule has 0 aromatic heterocycles. The lowest BCUT2D eigenvalue weighted by molar-refractivity contribution is 0.414. The van der Waals surface area contributed by atoms with Crippen LogP contribution in [0.15, 0.2) is 71.6 Å². The maximum atomic E-state index is 13.5. The van der Waals surface area contributed by atoms with Crippen molar-refractivity contribution in [3.8, 4) is 11.5 Å². The molecule has 0 heterocycles. The summed E-state index contributed by atoms with van der Waals surface area (Å²) in [6, 6.07) is 18.0. The molecule has 0 unspecified atom stereocenters. The number of halogens is 2. The Labute approximate surface area is 180 Å². The van der Waals surface area contributed by atoms with Gasteiger partial charge in [-0.1, -0.05) is 35.3 Å². The fourth-order valence-corrected chi connectivity index (χ4v) is 4.72. The second-order valence-corrected chi connectivity index (χ2v) is 8.77. The number of anilines is 1. The van der Waals surface area contributed by atoms with E-state index in [0.717, 1.165) is 0 Å². The van der Waals surface area contributed by atoms with E-state index in [1.54, 1.807) is 54.6 Å². The number of hydrogen-bond donors (Lipinski definition) is 0.